The highest BCUT2D eigenvalue weighted by atomic mass is 16.2. The van der Waals surface area contributed by atoms with Crippen LogP contribution in [0.1, 0.15) is 28.5 Å². The molecule has 0 atom stereocenters. The van der Waals surface area contributed by atoms with Crippen LogP contribution in [-0.2, 0) is 0 Å². The molecule has 4 nitrogen and oxygen atoms in total. The lowest BCUT2D eigenvalue weighted by Crippen LogP contribution is -2.48. The standard InChI is InChI=1S/C17H23N3O/c1-4-19-7-9-20(10-8-19)17(21)16-13(3)14-11-12(2)5-6-15(14)18-16/h5-6,11,18H,4,7-10H2,1-3H3. The number of carbonyl (C=O) groups is 1. The van der Waals surface area contributed by atoms with Crippen LogP contribution in [0.25, 0.3) is 10.9 Å². The molecule has 1 aliphatic heterocycles. The minimum absolute atomic E-state index is 0.136. The lowest BCUT2D eigenvalue weighted by molar-refractivity contribution is 0.0638. The molecule has 1 fully saturated rings. The second-order valence-corrected chi connectivity index (χ2v) is 5.90. The van der Waals surface area contributed by atoms with E-state index in [0.29, 0.717) is 0 Å². The number of rotatable bonds is 2. The quantitative estimate of drug-likeness (QED) is 0.921. The van der Waals surface area contributed by atoms with Gasteiger partial charge >= 0.3 is 0 Å². The molecule has 0 spiro atoms. The van der Waals surface area contributed by atoms with Gasteiger partial charge in [-0.25, -0.2) is 0 Å². The first-order chi connectivity index (χ1) is 10.1. The van der Waals surface area contributed by atoms with Crippen molar-refractivity contribution in [2.45, 2.75) is 20.8 Å². The van der Waals surface area contributed by atoms with Crippen molar-refractivity contribution in [3.8, 4) is 0 Å². The van der Waals surface area contributed by atoms with Crippen molar-refractivity contribution >= 4 is 16.8 Å². The van der Waals surface area contributed by atoms with Gasteiger partial charge in [-0.15, -0.1) is 0 Å². The monoisotopic (exact) mass is 285 g/mol. The first-order valence-corrected chi connectivity index (χ1v) is 7.70. The first kappa shape index (κ1) is 14.1. The van der Waals surface area contributed by atoms with E-state index in [-0.39, 0.29) is 5.91 Å². The number of fused-ring (bicyclic) bond motifs is 1. The second kappa shape index (κ2) is 5.53. The van der Waals surface area contributed by atoms with Crippen molar-refractivity contribution in [3.05, 3.63) is 35.0 Å². The Labute approximate surface area is 125 Å². The predicted octanol–water partition coefficient (Wildman–Crippen LogP) is 2.56. The van der Waals surface area contributed by atoms with Crippen LogP contribution >= 0.6 is 0 Å². The number of benzene rings is 1. The zero-order valence-corrected chi connectivity index (χ0v) is 13.1. The van der Waals surface area contributed by atoms with Gasteiger partial charge in [0.25, 0.3) is 5.91 Å². The first-order valence-electron chi connectivity index (χ1n) is 7.70. The van der Waals surface area contributed by atoms with Gasteiger partial charge in [-0.2, -0.15) is 0 Å². The van der Waals surface area contributed by atoms with Gasteiger partial charge in [0.1, 0.15) is 5.69 Å². The molecule has 0 radical (unpaired) electrons. The van der Waals surface area contributed by atoms with Crippen molar-refractivity contribution in [1.82, 2.24) is 14.8 Å². The number of hydrogen-bond acceptors (Lipinski definition) is 2. The summed E-state index contributed by atoms with van der Waals surface area (Å²) in [6, 6.07) is 6.28. The number of aromatic amines is 1. The van der Waals surface area contributed by atoms with Gasteiger partial charge in [-0.3, -0.25) is 4.79 Å². The molecule has 0 unspecified atom stereocenters. The topological polar surface area (TPSA) is 39.3 Å². The molecular weight excluding hydrogens is 262 g/mol. The molecule has 1 saturated heterocycles. The molecule has 1 N–H and O–H groups in total. The lowest BCUT2D eigenvalue weighted by Gasteiger charge is -2.33. The van der Waals surface area contributed by atoms with Crippen LogP contribution in [-0.4, -0.2) is 53.4 Å². The Bertz CT molecular complexity index is 666. The lowest BCUT2D eigenvalue weighted by atomic mass is 10.1. The summed E-state index contributed by atoms with van der Waals surface area (Å²) < 4.78 is 0. The fourth-order valence-electron chi connectivity index (χ4n) is 3.08. The molecule has 3 rings (SSSR count). The van der Waals surface area contributed by atoms with E-state index in [1.165, 1.54) is 5.56 Å². The predicted molar refractivity (Wildman–Crippen MR) is 85.8 cm³/mol. The molecule has 1 aliphatic rings. The highest BCUT2D eigenvalue weighted by Crippen LogP contribution is 2.24. The summed E-state index contributed by atoms with van der Waals surface area (Å²) in [6.45, 7) is 10.9. The van der Waals surface area contributed by atoms with E-state index in [1.807, 2.05) is 11.8 Å². The van der Waals surface area contributed by atoms with Crippen LogP contribution in [0.5, 0.6) is 0 Å². The summed E-state index contributed by atoms with van der Waals surface area (Å²) in [5, 5.41) is 1.16. The van der Waals surface area contributed by atoms with Crippen LogP contribution in [0.15, 0.2) is 18.2 Å². The summed E-state index contributed by atoms with van der Waals surface area (Å²) in [5.41, 5.74) is 4.09. The minimum atomic E-state index is 0.136. The van der Waals surface area contributed by atoms with Crippen LogP contribution in [0.2, 0.25) is 0 Å². The van der Waals surface area contributed by atoms with Gasteiger partial charge in [0.15, 0.2) is 0 Å². The van der Waals surface area contributed by atoms with E-state index in [2.05, 4.69) is 41.9 Å². The third-order valence-electron chi connectivity index (χ3n) is 4.53. The van der Waals surface area contributed by atoms with Crippen LogP contribution in [0.4, 0.5) is 0 Å². The molecule has 2 heterocycles. The van der Waals surface area contributed by atoms with Crippen LogP contribution in [0.3, 0.4) is 0 Å². The van der Waals surface area contributed by atoms with Crippen molar-refractivity contribution in [2.24, 2.45) is 0 Å². The van der Waals surface area contributed by atoms with E-state index >= 15 is 0 Å². The van der Waals surface area contributed by atoms with Crippen molar-refractivity contribution in [2.75, 3.05) is 32.7 Å². The molecule has 1 aromatic carbocycles. The number of likely N-dealkylation sites (N-methyl/N-ethyl adjacent to an activating group) is 1. The summed E-state index contributed by atoms with van der Waals surface area (Å²) in [6.07, 6.45) is 0. The minimum Gasteiger partial charge on any atom is -0.350 e. The molecule has 21 heavy (non-hydrogen) atoms. The number of nitrogens with zero attached hydrogens (tertiary/aromatic N) is 2. The van der Waals surface area contributed by atoms with Crippen molar-refractivity contribution < 1.29 is 4.79 Å². The van der Waals surface area contributed by atoms with E-state index in [0.717, 1.165) is 54.9 Å². The maximum Gasteiger partial charge on any atom is 0.270 e. The number of amides is 1. The number of H-pyrrole nitrogens is 1. The number of carbonyl (C=O) groups excluding carboxylic acids is 1. The second-order valence-electron chi connectivity index (χ2n) is 5.90. The Morgan fingerprint density at radius 1 is 1.19 bits per heavy atom. The van der Waals surface area contributed by atoms with Gasteiger partial charge in [-0.1, -0.05) is 18.6 Å². The smallest absolute Gasteiger partial charge is 0.270 e. The maximum absolute atomic E-state index is 12.7. The van der Waals surface area contributed by atoms with Gasteiger partial charge in [0.2, 0.25) is 0 Å². The van der Waals surface area contributed by atoms with Gasteiger partial charge in [-0.05, 0) is 38.1 Å². The average molecular weight is 285 g/mol. The summed E-state index contributed by atoms with van der Waals surface area (Å²) in [4.78, 5) is 20.4. The van der Waals surface area contributed by atoms with Crippen LogP contribution < -0.4 is 0 Å². The molecule has 2 aromatic rings. The van der Waals surface area contributed by atoms with Gasteiger partial charge in [0.05, 0.1) is 0 Å². The molecule has 0 aliphatic carbocycles. The Morgan fingerprint density at radius 3 is 2.57 bits per heavy atom. The number of aryl methyl sites for hydroxylation is 2. The van der Waals surface area contributed by atoms with E-state index in [4.69, 9.17) is 0 Å². The van der Waals surface area contributed by atoms with E-state index in [1.54, 1.807) is 0 Å². The third kappa shape index (κ3) is 2.56. The van der Waals surface area contributed by atoms with Crippen molar-refractivity contribution in [1.29, 1.82) is 0 Å². The molecule has 0 saturated carbocycles. The number of piperazine rings is 1. The molecule has 0 bridgehead atoms. The number of nitrogens with one attached hydrogen (secondary N) is 1. The van der Waals surface area contributed by atoms with Crippen LogP contribution in [0, 0.1) is 13.8 Å². The Balaban J connectivity index is 1.87. The molecular formula is C17H23N3O. The third-order valence-corrected chi connectivity index (χ3v) is 4.53. The number of aromatic nitrogens is 1. The maximum atomic E-state index is 12.7. The Morgan fingerprint density at radius 2 is 1.90 bits per heavy atom. The zero-order valence-electron chi connectivity index (χ0n) is 13.1. The Hall–Kier alpha value is -1.81. The molecule has 4 heteroatoms. The zero-order chi connectivity index (χ0) is 15.0. The largest absolute Gasteiger partial charge is 0.350 e. The highest BCUT2D eigenvalue weighted by molar-refractivity contribution is 6.01. The van der Waals surface area contributed by atoms with Gasteiger partial charge < -0.3 is 14.8 Å². The van der Waals surface area contributed by atoms with E-state index in [9.17, 15) is 4.79 Å². The molecule has 112 valence electrons. The van der Waals surface area contributed by atoms with E-state index < -0.39 is 0 Å². The fourth-order valence-corrected chi connectivity index (χ4v) is 3.08. The highest BCUT2D eigenvalue weighted by Gasteiger charge is 2.24. The number of hydrogen-bond donors (Lipinski definition) is 1. The Kier molecular flexibility index (Phi) is 3.72. The average Bonchev–Trinajstić information content (AvgIpc) is 2.83. The van der Waals surface area contributed by atoms with Crippen molar-refractivity contribution in [3.63, 3.8) is 0 Å². The SMILES string of the molecule is CCN1CCN(C(=O)c2[nH]c3ccc(C)cc3c2C)CC1. The summed E-state index contributed by atoms with van der Waals surface area (Å²) in [5.74, 6) is 0.136. The molecule has 1 aromatic heterocycles. The fraction of sp³-hybridized carbons (Fsp3) is 0.471. The summed E-state index contributed by atoms with van der Waals surface area (Å²) in [7, 11) is 0. The summed E-state index contributed by atoms with van der Waals surface area (Å²) >= 11 is 0. The van der Waals surface area contributed by atoms with Gasteiger partial charge in [0, 0.05) is 37.1 Å². The molecule has 1 amide bonds. The normalized spacial score (nSPS) is 16.6.